The molecule has 2 aliphatic heterocycles. The lowest BCUT2D eigenvalue weighted by atomic mass is 9.97. The van der Waals surface area contributed by atoms with Crippen LogP contribution >= 0.6 is 0 Å². The summed E-state index contributed by atoms with van der Waals surface area (Å²) in [4.78, 5) is 13.5. The molecule has 0 spiro atoms. The van der Waals surface area contributed by atoms with Crippen molar-refractivity contribution >= 4 is 5.91 Å². The molecule has 4 heteroatoms. The lowest BCUT2D eigenvalue weighted by Crippen LogP contribution is -2.52. The average Bonchev–Trinajstić information content (AvgIpc) is 2.41. The van der Waals surface area contributed by atoms with Crippen LogP contribution in [0.25, 0.3) is 0 Å². The van der Waals surface area contributed by atoms with E-state index >= 15 is 0 Å². The minimum atomic E-state index is -0.249. The molecule has 4 nitrogen and oxygen atoms in total. The molecule has 0 radical (unpaired) electrons. The topological polar surface area (TPSA) is 58.4 Å². The standard InChI is InChI=1S/C11H21N3O/c1-7(11(12)15)13-8-5-9-3-4-10(6-8)14(9)2/h7-10,13H,3-6H2,1-2H3,(H2,12,15). The van der Waals surface area contributed by atoms with Gasteiger partial charge in [0.25, 0.3) is 0 Å². The van der Waals surface area contributed by atoms with Crippen LogP contribution < -0.4 is 11.1 Å². The first kappa shape index (κ1) is 10.9. The molecule has 0 aromatic heterocycles. The molecule has 0 aliphatic carbocycles. The SMILES string of the molecule is CC(NC1CC2CCC(C1)N2C)C(N)=O. The molecular weight excluding hydrogens is 190 g/mol. The molecule has 0 saturated carbocycles. The Labute approximate surface area is 91.2 Å². The van der Waals surface area contributed by atoms with Crippen molar-refractivity contribution in [1.82, 2.24) is 10.2 Å². The van der Waals surface area contributed by atoms with Crippen LogP contribution in [0.15, 0.2) is 0 Å². The second kappa shape index (κ2) is 4.10. The quantitative estimate of drug-likeness (QED) is 0.695. The fraction of sp³-hybridized carbons (Fsp3) is 0.909. The van der Waals surface area contributed by atoms with E-state index in [4.69, 9.17) is 5.73 Å². The maximum absolute atomic E-state index is 11.0. The number of hydrogen-bond acceptors (Lipinski definition) is 3. The van der Waals surface area contributed by atoms with Crippen molar-refractivity contribution in [3.05, 3.63) is 0 Å². The van der Waals surface area contributed by atoms with Crippen molar-refractivity contribution < 1.29 is 4.79 Å². The summed E-state index contributed by atoms with van der Waals surface area (Å²) in [7, 11) is 2.22. The van der Waals surface area contributed by atoms with E-state index in [1.807, 2.05) is 6.92 Å². The second-order valence-corrected chi connectivity index (χ2v) is 5.01. The highest BCUT2D eigenvalue weighted by Crippen LogP contribution is 2.34. The summed E-state index contributed by atoms with van der Waals surface area (Å²) in [5.74, 6) is -0.249. The van der Waals surface area contributed by atoms with E-state index < -0.39 is 0 Å². The Hall–Kier alpha value is -0.610. The lowest BCUT2D eigenvalue weighted by molar-refractivity contribution is -0.119. The van der Waals surface area contributed by atoms with Crippen LogP contribution in [0.1, 0.15) is 32.6 Å². The molecule has 1 amide bonds. The molecular formula is C11H21N3O. The third-order valence-corrected chi connectivity index (χ3v) is 4.01. The fourth-order valence-corrected chi connectivity index (χ4v) is 2.98. The van der Waals surface area contributed by atoms with Crippen molar-refractivity contribution in [1.29, 1.82) is 0 Å². The van der Waals surface area contributed by atoms with E-state index in [-0.39, 0.29) is 11.9 Å². The Balaban J connectivity index is 1.89. The Bertz CT molecular complexity index is 242. The predicted molar refractivity (Wildman–Crippen MR) is 59.4 cm³/mol. The minimum Gasteiger partial charge on any atom is -0.368 e. The summed E-state index contributed by atoms with van der Waals surface area (Å²) in [5.41, 5.74) is 5.25. The highest BCUT2D eigenvalue weighted by atomic mass is 16.1. The van der Waals surface area contributed by atoms with Gasteiger partial charge in [0.15, 0.2) is 0 Å². The molecule has 2 heterocycles. The monoisotopic (exact) mass is 211 g/mol. The molecule has 0 aromatic carbocycles. The normalized spacial score (nSPS) is 37.9. The summed E-state index contributed by atoms with van der Waals surface area (Å²) in [6.07, 6.45) is 4.93. The van der Waals surface area contributed by atoms with Crippen molar-refractivity contribution in [3.8, 4) is 0 Å². The first-order valence-corrected chi connectivity index (χ1v) is 5.85. The summed E-state index contributed by atoms with van der Waals surface area (Å²) in [6, 6.07) is 1.70. The third-order valence-electron chi connectivity index (χ3n) is 4.01. The van der Waals surface area contributed by atoms with E-state index in [2.05, 4.69) is 17.3 Å². The zero-order valence-electron chi connectivity index (χ0n) is 9.57. The van der Waals surface area contributed by atoms with Crippen LogP contribution in [0.5, 0.6) is 0 Å². The van der Waals surface area contributed by atoms with E-state index in [1.54, 1.807) is 0 Å². The van der Waals surface area contributed by atoms with Crippen LogP contribution in [0.4, 0.5) is 0 Å². The molecule has 86 valence electrons. The summed E-state index contributed by atoms with van der Waals surface area (Å²) >= 11 is 0. The van der Waals surface area contributed by atoms with Gasteiger partial charge in [0.1, 0.15) is 0 Å². The number of fused-ring (bicyclic) bond motifs is 2. The number of amides is 1. The van der Waals surface area contributed by atoms with Crippen molar-refractivity contribution in [2.75, 3.05) is 7.05 Å². The van der Waals surface area contributed by atoms with E-state index in [0.717, 1.165) is 12.8 Å². The van der Waals surface area contributed by atoms with Gasteiger partial charge in [0.05, 0.1) is 6.04 Å². The van der Waals surface area contributed by atoms with Crippen molar-refractivity contribution in [3.63, 3.8) is 0 Å². The van der Waals surface area contributed by atoms with Crippen LogP contribution in [0.3, 0.4) is 0 Å². The molecule has 3 N–H and O–H groups in total. The highest BCUT2D eigenvalue weighted by Gasteiger charge is 2.38. The molecule has 3 atom stereocenters. The first-order valence-electron chi connectivity index (χ1n) is 5.85. The predicted octanol–water partition coefficient (Wildman–Crippen LogP) is 0.0750. The molecule has 3 unspecified atom stereocenters. The third kappa shape index (κ3) is 2.16. The van der Waals surface area contributed by atoms with E-state index in [1.165, 1.54) is 12.8 Å². The second-order valence-electron chi connectivity index (χ2n) is 5.01. The lowest BCUT2D eigenvalue weighted by Gasteiger charge is -2.37. The largest absolute Gasteiger partial charge is 0.368 e. The van der Waals surface area contributed by atoms with E-state index in [9.17, 15) is 4.79 Å². The van der Waals surface area contributed by atoms with Gasteiger partial charge in [-0.25, -0.2) is 0 Å². The Morgan fingerprint density at radius 1 is 1.40 bits per heavy atom. The zero-order chi connectivity index (χ0) is 11.0. The number of primary amides is 1. The van der Waals surface area contributed by atoms with Gasteiger partial charge in [-0.3, -0.25) is 4.79 Å². The van der Waals surface area contributed by atoms with Crippen LogP contribution in [-0.2, 0) is 4.79 Å². The number of nitrogens with two attached hydrogens (primary N) is 1. The molecule has 15 heavy (non-hydrogen) atoms. The number of hydrogen-bond donors (Lipinski definition) is 2. The molecule has 0 aromatic rings. The summed E-state index contributed by atoms with van der Waals surface area (Å²) in [5, 5.41) is 3.34. The smallest absolute Gasteiger partial charge is 0.234 e. The molecule has 2 bridgehead atoms. The highest BCUT2D eigenvalue weighted by molar-refractivity contribution is 5.79. The van der Waals surface area contributed by atoms with Gasteiger partial charge in [0.2, 0.25) is 5.91 Å². The zero-order valence-corrected chi connectivity index (χ0v) is 9.57. The van der Waals surface area contributed by atoms with Gasteiger partial charge >= 0.3 is 0 Å². The van der Waals surface area contributed by atoms with Gasteiger partial charge in [-0.2, -0.15) is 0 Å². The number of nitrogens with one attached hydrogen (secondary N) is 1. The van der Waals surface area contributed by atoms with E-state index in [0.29, 0.717) is 18.1 Å². The molecule has 2 aliphatic rings. The molecule has 2 fully saturated rings. The van der Waals surface area contributed by atoms with Crippen LogP contribution in [0, 0.1) is 0 Å². The summed E-state index contributed by atoms with van der Waals surface area (Å²) in [6.45, 7) is 1.85. The number of carbonyl (C=O) groups excluding carboxylic acids is 1. The number of piperidine rings is 1. The van der Waals surface area contributed by atoms with Gasteiger partial charge < -0.3 is 16.0 Å². The van der Waals surface area contributed by atoms with Gasteiger partial charge in [0, 0.05) is 18.1 Å². The van der Waals surface area contributed by atoms with Gasteiger partial charge in [-0.05, 0) is 39.7 Å². The average molecular weight is 211 g/mol. The maximum Gasteiger partial charge on any atom is 0.234 e. The fourth-order valence-electron chi connectivity index (χ4n) is 2.98. The molecule has 2 rings (SSSR count). The van der Waals surface area contributed by atoms with Crippen molar-refractivity contribution in [2.24, 2.45) is 5.73 Å². The number of carbonyl (C=O) groups is 1. The minimum absolute atomic E-state index is 0.196. The number of nitrogens with zero attached hydrogens (tertiary/aromatic N) is 1. The van der Waals surface area contributed by atoms with Crippen LogP contribution in [-0.4, -0.2) is 42.0 Å². The Kier molecular flexibility index (Phi) is 2.98. The number of rotatable bonds is 3. The van der Waals surface area contributed by atoms with Gasteiger partial charge in [-0.15, -0.1) is 0 Å². The Morgan fingerprint density at radius 3 is 2.40 bits per heavy atom. The first-order chi connectivity index (χ1) is 7.08. The van der Waals surface area contributed by atoms with Crippen LogP contribution in [0.2, 0.25) is 0 Å². The molecule has 2 saturated heterocycles. The van der Waals surface area contributed by atoms with Gasteiger partial charge in [-0.1, -0.05) is 0 Å². The van der Waals surface area contributed by atoms with Crippen molar-refractivity contribution in [2.45, 2.75) is 56.8 Å². The Morgan fingerprint density at radius 2 is 1.93 bits per heavy atom. The maximum atomic E-state index is 11.0. The summed E-state index contributed by atoms with van der Waals surface area (Å²) < 4.78 is 0.